The van der Waals surface area contributed by atoms with Crippen molar-refractivity contribution in [3.8, 4) is 0 Å². The fourth-order valence-electron chi connectivity index (χ4n) is 2.45. The summed E-state index contributed by atoms with van der Waals surface area (Å²) in [7, 11) is 0. The van der Waals surface area contributed by atoms with Gasteiger partial charge in [-0.2, -0.15) is 0 Å². The summed E-state index contributed by atoms with van der Waals surface area (Å²) in [4.78, 5) is 0. The minimum atomic E-state index is 0.287. The molecule has 0 unspecified atom stereocenters. The van der Waals surface area contributed by atoms with Crippen LogP contribution in [-0.4, -0.2) is 6.04 Å². The van der Waals surface area contributed by atoms with Gasteiger partial charge in [0.05, 0.1) is 0 Å². The lowest BCUT2D eigenvalue weighted by molar-refractivity contribution is 0.583. The van der Waals surface area contributed by atoms with Crippen molar-refractivity contribution in [3.63, 3.8) is 0 Å². The summed E-state index contributed by atoms with van der Waals surface area (Å²) in [5, 5.41) is 0. The Labute approximate surface area is 92.0 Å². The average molecular weight is 201 g/mol. The van der Waals surface area contributed by atoms with Gasteiger partial charge in [-0.3, -0.25) is 0 Å². The van der Waals surface area contributed by atoms with Crippen molar-refractivity contribution in [2.45, 2.75) is 26.8 Å². The molecule has 1 saturated carbocycles. The normalized spacial score (nSPS) is 28.9. The van der Waals surface area contributed by atoms with Gasteiger partial charge in [-0.25, -0.2) is 0 Å². The van der Waals surface area contributed by atoms with Gasteiger partial charge in [0.25, 0.3) is 0 Å². The number of hydrogen-bond acceptors (Lipinski definition) is 1. The van der Waals surface area contributed by atoms with E-state index in [0.717, 1.165) is 0 Å². The van der Waals surface area contributed by atoms with Gasteiger partial charge < -0.3 is 5.73 Å². The van der Waals surface area contributed by atoms with Crippen molar-refractivity contribution in [2.75, 3.05) is 0 Å². The highest BCUT2D eigenvalue weighted by molar-refractivity contribution is 5.54. The molecule has 1 aromatic carbocycles. The molecule has 15 heavy (non-hydrogen) atoms. The van der Waals surface area contributed by atoms with Gasteiger partial charge in [-0.05, 0) is 17.9 Å². The maximum atomic E-state index is 6.06. The summed E-state index contributed by atoms with van der Waals surface area (Å²) in [5.41, 5.74) is 9.02. The summed E-state index contributed by atoms with van der Waals surface area (Å²) in [5.74, 6) is 0.553. The van der Waals surface area contributed by atoms with Crippen LogP contribution in [0.25, 0.3) is 6.08 Å². The molecule has 0 spiro atoms. The van der Waals surface area contributed by atoms with Gasteiger partial charge in [0.15, 0.2) is 0 Å². The van der Waals surface area contributed by atoms with E-state index in [1.165, 1.54) is 11.1 Å². The summed E-state index contributed by atoms with van der Waals surface area (Å²) < 4.78 is 0. The fourth-order valence-corrected chi connectivity index (χ4v) is 2.45. The van der Waals surface area contributed by atoms with Crippen molar-refractivity contribution in [1.82, 2.24) is 0 Å². The third-order valence-electron chi connectivity index (χ3n) is 3.60. The first-order chi connectivity index (χ1) is 7.03. The quantitative estimate of drug-likeness (QED) is 0.782. The lowest BCUT2D eigenvalue weighted by Crippen LogP contribution is -2.06. The first-order valence-electron chi connectivity index (χ1n) is 5.52. The molecule has 2 atom stereocenters. The predicted molar refractivity (Wildman–Crippen MR) is 65.3 cm³/mol. The molecule has 1 aliphatic rings. The van der Waals surface area contributed by atoms with Crippen LogP contribution in [0.4, 0.5) is 0 Å². The third-order valence-corrected chi connectivity index (χ3v) is 3.60. The second-order valence-electron chi connectivity index (χ2n) is 5.12. The Bertz CT molecular complexity index is 376. The molecule has 1 nitrogen and oxygen atoms in total. The van der Waals surface area contributed by atoms with Gasteiger partial charge in [0.1, 0.15) is 0 Å². The van der Waals surface area contributed by atoms with E-state index in [2.05, 4.69) is 51.1 Å². The minimum absolute atomic E-state index is 0.287. The van der Waals surface area contributed by atoms with E-state index < -0.39 is 0 Å². The Balaban J connectivity index is 2.17. The molecule has 0 aliphatic heterocycles. The van der Waals surface area contributed by atoms with Gasteiger partial charge >= 0.3 is 0 Å². The predicted octanol–water partition coefficient (Wildman–Crippen LogP) is 3.07. The molecule has 80 valence electrons. The van der Waals surface area contributed by atoms with Crippen LogP contribution in [0, 0.1) is 11.3 Å². The fraction of sp³-hybridized carbons (Fsp3) is 0.429. The van der Waals surface area contributed by atoms with Gasteiger partial charge in [0, 0.05) is 12.0 Å². The van der Waals surface area contributed by atoms with E-state index in [4.69, 9.17) is 5.73 Å². The van der Waals surface area contributed by atoms with Gasteiger partial charge in [0.2, 0.25) is 0 Å². The summed E-state index contributed by atoms with van der Waals surface area (Å²) in [6.07, 6.45) is 2.25. The van der Waals surface area contributed by atoms with Crippen LogP contribution < -0.4 is 5.73 Å². The second-order valence-corrected chi connectivity index (χ2v) is 5.12. The topological polar surface area (TPSA) is 26.0 Å². The van der Waals surface area contributed by atoms with E-state index in [0.29, 0.717) is 12.0 Å². The zero-order valence-corrected chi connectivity index (χ0v) is 9.70. The lowest BCUT2D eigenvalue weighted by Gasteiger charge is -2.02. The zero-order chi connectivity index (χ0) is 11.1. The van der Waals surface area contributed by atoms with Gasteiger partial charge in [-0.1, -0.05) is 55.8 Å². The number of nitrogens with two attached hydrogens (primary N) is 1. The van der Waals surface area contributed by atoms with Crippen LogP contribution in [0.3, 0.4) is 0 Å². The van der Waals surface area contributed by atoms with Crippen LogP contribution in [0.15, 0.2) is 35.9 Å². The molecule has 0 aromatic heterocycles. The molecular weight excluding hydrogens is 182 g/mol. The molecule has 1 aliphatic carbocycles. The van der Waals surface area contributed by atoms with Crippen LogP contribution in [0.5, 0.6) is 0 Å². The van der Waals surface area contributed by atoms with Crippen molar-refractivity contribution in [3.05, 3.63) is 41.5 Å². The number of benzene rings is 1. The Hall–Kier alpha value is -1.08. The standard InChI is InChI=1S/C14H19N/c1-10(12-13(15)14(12,2)3)9-11-7-5-4-6-8-11/h4-9,12-13H,15H2,1-3H3/b10-9+/t12-,13-/m0/s1. The van der Waals surface area contributed by atoms with E-state index in [-0.39, 0.29) is 5.41 Å². The number of rotatable bonds is 2. The van der Waals surface area contributed by atoms with Crippen molar-refractivity contribution in [1.29, 1.82) is 0 Å². The molecule has 0 saturated heterocycles. The second kappa shape index (κ2) is 3.49. The molecule has 1 fully saturated rings. The first kappa shape index (κ1) is 10.4. The Morgan fingerprint density at radius 3 is 2.27 bits per heavy atom. The van der Waals surface area contributed by atoms with Crippen LogP contribution in [-0.2, 0) is 0 Å². The molecule has 1 aromatic rings. The maximum Gasteiger partial charge on any atom is 0.0168 e. The molecule has 0 amide bonds. The molecule has 1 heteroatoms. The summed E-state index contributed by atoms with van der Waals surface area (Å²) >= 11 is 0. The third kappa shape index (κ3) is 1.84. The van der Waals surface area contributed by atoms with Crippen molar-refractivity contribution >= 4 is 6.08 Å². The van der Waals surface area contributed by atoms with Crippen molar-refractivity contribution in [2.24, 2.45) is 17.1 Å². The largest absolute Gasteiger partial charge is 0.327 e. The van der Waals surface area contributed by atoms with Crippen LogP contribution in [0.2, 0.25) is 0 Å². The van der Waals surface area contributed by atoms with Gasteiger partial charge in [-0.15, -0.1) is 0 Å². The molecule has 0 bridgehead atoms. The molecule has 0 heterocycles. The van der Waals surface area contributed by atoms with E-state index in [9.17, 15) is 0 Å². The average Bonchev–Trinajstić information content (AvgIpc) is 2.67. The highest BCUT2D eigenvalue weighted by Crippen LogP contribution is 2.54. The van der Waals surface area contributed by atoms with Crippen LogP contribution in [0.1, 0.15) is 26.3 Å². The smallest absolute Gasteiger partial charge is 0.0168 e. The molecule has 2 N–H and O–H groups in total. The maximum absolute atomic E-state index is 6.06. The summed E-state index contributed by atoms with van der Waals surface area (Å²) in [6, 6.07) is 10.8. The van der Waals surface area contributed by atoms with Crippen LogP contribution >= 0.6 is 0 Å². The molecule has 2 rings (SSSR count). The monoisotopic (exact) mass is 201 g/mol. The highest BCUT2D eigenvalue weighted by Gasteiger charge is 2.55. The Morgan fingerprint density at radius 2 is 1.80 bits per heavy atom. The Kier molecular flexibility index (Phi) is 2.43. The Morgan fingerprint density at radius 1 is 1.27 bits per heavy atom. The van der Waals surface area contributed by atoms with E-state index >= 15 is 0 Å². The van der Waals surface area contributed by atoms with E-state index in [1.807, 2.05) is 6.07 Å². The SMILES string of the molecule is C/C(=C\c1ccccc1)[C@H]1[C@H](N)C1(C)C. The minimum Gasteiger partial charge on any atom is -0.327 e. The first-order valence-corrected chi connectivity index (χ1v) is 5.52. The van der Waals surface area contributed by atoms with E-state index in [1.54, 1.807) is 0 Å². The highest BCUT2D eigenvalue weighted by atomic mass is 14.8. The molecular formula is C14H19N. The number of hydrogen-bond donors (Lipinski definition) is 1. The molecule has 0 radical (unpaired) electrons. The van der Waals surface area contributed by atoms with Crippen molar-refractivity contribution < 1.29 is 0 Å². The summed E-state index contributed by atoms with van der Waals surface area (Å²) in [6.45, 7) is 6.67. The lowest BCUT2D eigenvalue weighted by atomic mass is 10.0. The zero-order valence-electron chi connectivity index (χ0n) is 9.70.